The van der Waals surface area contributed by atoms with E-state index in [1.807, 2.05) is 25.1 Å². The summed E-state index contributed by atoms with van der Waals surface area (Å²) in [6.45, 7) is 2.82. The molecule has 5 nitrogen and oxygen atoms in total. The quantitative estimate of drug-likeness (QED) is 0.377. The highest BCUT2D eigenvalue weighted by atomic mass is 16.4. The molecule has 0 radical (unpaired) electrons. The molecule has 21 heavy (non-hydrogen) atoms. The minimum absolute atomic E-state index is 0.0703. The van der Waals surface area contributed by atoms with Gasteiger partial charge in [0.15, 0.2) is 5.84 Å². The fraction of sp³-hybridized carbons (Fsp3) is 0.500. The first kappa shape index (κ1) is 15.4. The Labute approximate surface area is 125 Å². The van der Waals surface area contributed by atoms with E-state index in [0.717, 1.165) is 31.2 Å². The highest BCUT2D eigenvalue weighted by Gasteiger charge is 2.29. The molecular weight excluding hydrogens is 266 g/mol. The summed E-state index contributed by atoms with van der Waals surface area (Å²) in [6, 6.07) is 8.15. The number of hydrogen-bond acceptors (Lipinski definition) is 3. The maximum atomic E-state index is 12.8. The molecule has 2 rings (SSSR count). The number of amidine groups is 1. The van der Waals surface area contributed by atoms with Crippen molar-refractivity contribution < 1.29 is 10.0 Å². The number of carbonyl (C=O) groups is 1. The van der Waals surface area contributed by atoms with Crippen LogP contribution in [0.15, 0.2) is 29.4 Å². The van der Waals surface area contributed by atoms with E-state index in [4.69, 9.17) is 10.9 Å². The molecule has 0 saturated heterocycles. The molecule has 3 N–H and O–H groups in total. The third kappa shape index (κ3) is 3.54. The van der Waals surface area contributed by atoms with Gasteiger partial charge in [0.1, 0.15) is 0 Å². The second-order valence-corrected chi connectivity index (χ2v) is 5.49. The van der Waals surface area contributed by atoms with E-state index < -0.39 is 0 Å². The van der Waals surface area contributed by atoms with Crippen LogP contribution < -0.4 is 5.73 Å². The van der Waals surface area contributed by atoms with Crippen LogP contribution in [0.3, 0.4) is 0 Å². The van der Waals surface area contributed by atoms with E-state index in [1.165, 1.54) is 5.56 Å². The topological polar surface area (TPSA) is 78.9 Å². The van der Waals surface area contributed by atoms with Crippen molar-refractivity contribution in [1.82, 2.24) is 4.90 Å². The number of carbonyl (C=O) groups excluding carboxylic acids is 1. The van der Waals surface area contributed by atoms with E-state index in [9.17, 15) is 4.79 Å². The second kappa shape index (κ2) is 7.11. The van der Waals surface area contributed by atoms with Gasteiger partial charge in [-0.05, 0) is 36.8 Å². The molecule has 0 spiro atoms. The highest BCUT2D eigenvalue weighted by molar-refractivity contribution is 5.90. The van der Waals surface area contributed by atoms with Crippen LogP contribution in [0.1, 0.15) is 43.2 Å². The van der Waals surface area contributed by atoms with Gasteiger partial charge in [-0.1, -0.05) is 36.3 Å². The Kier molecular flexibility index (Phi) is 5.20. The Balaban J connectivity index is 2.21. The fourth-order valence-electron chi connectivity index (χ4n) is 3.00. The van der Waals surface area contributed by atoms with Crippen LogP contribution in [0.25, 0.3) is 0 Å². The molecule has 1 aromatic carbocycles. The Hall–Kier alpha value is -2.04. The average molecular weight is 289 g/mol. The van der Waals surface area contributed by atoms with E-state index in [1.54, 1.807) is 4.90 Å². The lowest BCUT2D eigenvalue weighted by Gasteiger charge is -2.30. The SMILES string of the molecule is CCCN(CC(N)=NO)C(=O)C1CCCc2ccccc21. The van der Waals surface area contributed by atoms with Gasteiger partial charge in [0.2, 0.25) is 5.91 Å². The number of fused-ring (bicyclic) bond motifs is 1. The number of rotatable bonds is 5. The van der Waals surface area contributed by atoms with Crippen molar-refractivity contribution >= 4 is 11.7 Å². The van der Waals surface area contributed by atoms with E-state index in [2.05, 4.69) is 11.2 Å². The second-order valence-electron chi connectivity index (χ2n) is 5.49. The first-order valence-corrected chi connectivity index (χ1v) is 7.50. The largest absolute Gasteiger partial charge is 0.409 e. The van der Waals surface area contributed by atoms with Gasteiger partial charge in [0.25, 0.3) is 0 Å². The van der Waals surface area contributed by atoms with Gasteiger partial charge >= 0.3 is 0 Å². The van der Waals surface area contributed by atoms with Crippen molar-refractivity contribution in [3.05, 3.63) is 35.4 Å². The summed E-state index contributed by atoms with van der Waals surface area (Å²) in [7, 11) is 0. The molecule has 1 aliphatic carbocycles. The summed E-state index contributed by atoms with van der Waals surface area (Å²) < 4.78 is 0. The minimum Gasteiger partial charge on any atom is -0.409 e. The maximum absolute atomic E-state index is 12.8. The Bertz CT molecular complexity index is 528. The normalized spacial score (nSPS) is 18.1. The lowest BCUT2D eigenvalue weighted by molar-refractivity contribution is -0.132. The molecule has 5 heteroatoms. The van der Waals surface area contributed by atoms with Crippen molar-refractivity contribution in [2.24, 2.45) is 10.9 Å². The zero-order valence-corrected chi connectivity index (χ0v) is 12.5. The standard InChI is InChI=1S/C16H23N3O2/c1-2-10-19(11-15(17)18-21)16(20)14-9-5-7-12-6-3-4-8-13(12)14/h3-4,6,8,14,21H,2,5,7,9-11H2,1H3,(H2,17,18). The minimum atomic E-state index is -0.104. The molecule has 1 aliphatic rings. The van der Waals surface area contributed by atoms with Crippen LogP contribution in [-0.2, 0) is 11.2 Å². The van der Waals surface area contributed by atoms with Gasteiger partial charge in [-0.2, -0.15) is 0 Å². The Morgan fingerprint density at radius 2 is 2.24 bits per heavy atom. The number of hydrogen-bond donors (Lipinski definition) is 2. The monoisotopic (exact) mass is 289 g/mol. The summed E-state index contributed by atoms with van der Waals surface area (Å²) in [5, 5.41) is 11.7. The molecular formula is C16H23N3O2. The van der Waals surface area contributed by atoms with Crippen LogP contribution in [0, 0.1) is 0 Å². The zero-order valence-electron chi connectivity index (χ0n) is 12.5. The molecule has 114 valence electrons. The van der Waals surface area contributed by atoms with Crippen molar-refractivity contribution in [1.29, 1.82) is 0 Å². The number of nitrogens with two attached hydrogens (primary N) is 1. The summed E-state index contributed by atoms with van der Waals surface area (Å²) in [6.07, 6.45) is 3.77. The van der Waals surface area contributed by atoms with Crippen LogP contribution in [-0.4, -0.2) is 34.9 Å². The molecule has 1 aromatic rings. The van der Waals surface area contributed by atoms with Gasteiger partial charge in [0.05, 0.1) is 12.5 Å². The first-order valence-electron chi connectivity index (χ1n) is 7.50. The summed E-state index contributed by atoms with van der Waals surface area (Å²) in [5.74, 6) is 0.0458. The van der Waals surface area contributed by atoms with E-state index in [-0.39, 0.29) is 24.2 Å². The Morgan fingerprint density at radius 3 is 2.95 bits per heavy atom. The molecule has 1 atom stereocenters. The highest BCUT2D eigenvalue weighted by Crippen LogP contribution is 2.32. The van der Waals surface area contributed by atoms with Crippen molar-refractivity contribution in [2.45, 2.75) is 38.5 Å². The molecule has 0 aliphatic heterocycles. The smallest absolute Gasteiger partial charge is 0.230 e. The fourth-order valence-corrected chi connectivity index (χ4v) is 3.00. The third-order valence-electron chi connectivity index (χ3n) is 3.95. The van der Waals surface area contributed by atoms with Gasteiger partial charge in [0, 0.05) is 6.54 Å². The third-order valence-corrected chi connectivity index (χ3v) is 3.95. The van der Waals surface area contributed by atoms with Crippen LogP contribution in [0.4, 0.5) is 0 Å². The lowest BCUT2D eigenvalue weighted by Crippen LogP contribution is -2.42. The number of amides is 1. The predicted molar refractivity (Wildman–Crippen MR) is 82.4 cm³/mol. The number of nitrogens with zero attached hydrogens (tertiary/aromatic N) is 2. The van der Waals surface area contributed by atoms with E-state index >= 15 is 0 Å². The molecule has 0 bridgehead atoms. The molecule has 1 amide bonds. The molecule has 0 heterocycles. The van der Waals surface area contributed by atoms with Gasteiger partial charge in [-0.25, -0.2) is 0 Å². The molecule has 0 fully saturated rings. The lowest BCUT2D eigenvalue weighted by atomic mass is 9.82. The van der Waals surface area contributed by atoms with Crippen LogP contribution >= 0.6 is 0 Å². The molecule has 0 saturated carbocycles. The average Bonchev–Trinajstić information content (AvgIpc) is 2.53. The number of aryl methyl sites for hydroxylation is 1. The maximum Gasteiger partial charge on any atom is 0.230 e. The zero-order chi connectivity index (χ0) is 15.2. The van der Waals surface area contributed by atoms with Gasteiger partial charge in [-0.15, -0.1) is 0 Å². The molecule has 1 unspecified atom stereocenters. The van der Waals surface area contributed by atoms with Gasteiger partial charge in [-0.3, -0.25) is 4.79 Å². The summed E-state index contributed by atoms with van der Waals surface area (Å²) >= 11 is 0. The predicted octanol–water partition coefficient (Wildman–Crippen LogP) is 2.09. The number of oxime groups is 1. The summed E-state index contributed by atoms with van der Waals surface area (Å²) in [5.41, 5.74) is 7.97. The van der Waals surface area contributed by atoms with Crippen LogP contribution in [0.2, 0.25) is 0 Å². The first-order chi connectivity index (χ1) is 10.2. The van der Waals surface area contributed by atoms with Gasteiger partial charge < -0.3 is 15.8 Å². The Morgan fingerprint density at radius 1 is 1.48 bits per heavy atom. The summed E-state index contributed by atoms with van der Waals surface area (Å²) in [4.78, 5) is 14.5. The molecule has 0 aromatic heterocycles. The van der Waals surface area contributed by atoms with E-state index in [0.29, 0.717) is 6.54 Å². The van der Waals surface area contributed by atoms with Crippen molar-refractivity contribution in [3.63, 3.8) is 0 Å². The van der Waals surface area contributed by atoms with Crippen LogP contribution in [0.5, 0.6) is 0 Å². The van der Waals surface area contributed by atoms with Crippen molar-refractivity contribution in [3.8, 4) is 0 Å². The number of benzene rings is 1. The van der Waals surface area contributed by atoms with Crippen molar-refractivity contribution in [2.75, 3.05) is 13.1 Å².